The molecule has 1 saturated heterocycles. The molecule has 0 aliphatic carbocycles. The van der Waals surface area contributed by atoms with Gasteiger partial charge in [0.2, 0.25) is 0 Å². The van der Waals surface area contributed by atoms with E-state index in [1.807, 2.05) is 25.1 Å². The van der Waals surface area contributed by atoms with Crippen LogP contribution in [0.5, 0.6) is 0 Å². The summed E-state index contributed by atoms with van der Waals surface area (Å²) >= 11 is 0. The molecule has 2 N–H and O–H groups in total. The Morgan fingerprint density at radius 2 is 1.66 bits per heavy atom. The lowest BCUT2D eigenvalue weighted by Crippen LogP contribution is -2.49. The molecule has 0 bridgehead atoms. The third-order valence-corrected chi connectivity index (χ3v) is 9.86. The first-order valence-corrected chi connectivity index (χ1v) is 15.1. The van der Waals surface area contributed by atoms with Crippen LogP contribution in [0.4, 0.5) is 5.69 Å². The Morgan fingerprint density at radius 3 is 2.41 bits per heavy atom. The van der Waals surface area contributed by atoms with Crippen LogP contribution in [0.3, 0.4) is 0 Å². The van der Waals surface area contributed by atoms with E-state index in [1.165, 1.54) is 11.1 Å². The van der Waals surface area contributed by atoms with Gasteiger partial charge < -0.3 is 20.1 Å². The number of aryl methyl sites for hydroxylation is 1. The van der Waals surface area contributed by atoms with Crippen LogP contribution in [0.1, 0.15) is 76.6 Å². The second-order valence-corrected chi connectivity index (χ2v) is 12.5. The third-order valence-electron chi connectivity index (χ3n) is 9.86. The number of aromatic amines is 1. The number of aromatic nitrogens is 1. The molecule has 2 amide bonds. The van der Waals surface area contributed by atoms with Gasteiger partial charge in [0.15, 0.2) is 0 Å². The molecule has 41 heavy (non-hydrogen) atoms. The van der Waals surface area contributed by atoms with Gasteiger partial charge in [-0.3, -0.25) is 9.59 Å². The third kappa shape index (κ3) is 4.82. The zero-order chi connectivity index (χ0) is 28.9. The Balaban J connectivity index is 1.35. The highest BCUT2D eigenvalue weighted by molar-refractivity contribution is 6.36. The average Bonchev–Trinajstić information content (AvgIpc) is 3.45. The normalized spacial score (nSPS) is 19.4. The molecule has 3 aliphatic heterocycles. The van der Waals surface area contributed by atoms with Gasteiger partial charge in [-0.2, -0.15) is 0 Å². The Bertz CT molecular complexity index is 1550. The van der Waals surface area contributed by atoms with Crippen LogP contribution < -0.4 is 5.32 Å². The molecule has 3 aromatic rings. The Morgan fingerprint density at radius 1 is 0.927 bits per heavy atom. The van der Waals surface area contributed by atoms with Crippen LogP contribution in [-0.2, 0) is 11.2 Å². The predicted octanol–water partition coefficient (Wildman–Crippen LogP) is 6.61. The summed E-state index contributed by atoms with van der Waals surface area (Å²) < 4.78 is 0. The van der Waals surface area contributed by atoms with E-state index in [9.17, 15) is 9.59 Å². The molecular formula is C35H42N4O2. The quantitative estimate of drug-likeness (QED) is 0.340. The lowest BCUT2D eigenvalue weighted by molar-refractivity contribution is -0.110. The molecule has 0 saturated carbocycles. The maximum atomic E-state index is 13.9. The topological polar surface area (TPSA) is 68.4 Å². The van der Waals surface area contributed by atoms with Crippen LogP contribution in [0.25, 0.3) is 22.8 Å². The largest absolute Gasteiger partial charge is 0.358 e. The first kappa shape index (κ1) is 27.5. The number of piperidine rings is 1. The van der Waals surface area contributed by atoms with Crippen LogP contribution in [0, 0.1) is 26.2 Å². The fourth-order valence-electron chi connectivity index (χ4n) is 7.27. The SMILES string of the molecule is CCCC1(CN2CCc3[nH]c(/C=C4\C(=O)Nc5cccc(-c6cccc(C)c6C)c54)c(C)c3C2=O)CCN(C)CC1. The van der Waals surface area contributed by atoms with E-state index in [-0.39, 0.29) is 17.2 Å². The highest BCUT2D eigenvalue weighted by Gasteiger charge is 2.39. The fraction of sp³-hybridized carbons (Fsp3) is 0.429. The van der Waals surface area contributed by atoms with Crippen LogP contribution in [0.2, 0.25) is 0 Å². The van der Waals surface area contributed by atoms with Crippen LogP contribution in [0.15, 0.2) is 36.4 Å². The van der Waals surface area contributed by atoms with E-state index in [0.29, 0.717) is 5.57 Å². The maximum absolute atomic E-state index is 13.9. The van der Waals surface area contributed by atoms with Crippen molar-refractivity contribution in [2.75, 3.05) is 38.5 Å². The Kier molecular flexibility index (Phi) is 7.14. The number of anilines is 1. The number of benzene rings is 2. The molecule has 0 unspecified atom stereocenters. The van der Waals surface area contributed by atoms with Gasteiger partial charge in [-0.15, -0.1) is 0 Å². The van der Waals surface area contributed by atoms with E-state index in [1.54, 1.807) is 0 Å². The first-order valence-electron chi connectivity index (χ1n) is 15.1. The molecule has 1 fully saturated rings. The molecule has 6 rings (SSSR count). The summed E-state index contributed by atoms with van der Waals surface area (Å²) in [6.45, 7) is 12.3. The number of hydrogen-bond acceptors (Lipinski definition) is 3. The van der Waals surface area contributed by atoms with Crippen molar-refractivity contribution in [2.45, 2.75) is 59.8 Å². The molecule has 2 aromatic carbocycles. The van der Waals surface area contributed by atoms with Gasteiger partial charge in [0, 0.05) is 42.1 Å². The summed E-state index contributed by atoms with van der Waals surface area (Å²) in [5, 5.41) is 3.07. The second kappa shape index (κ2) is 10.6. The minimum absolute atomic E-state index is 0.110. The van der Waals surface area contributed by atoms with Crippen molar-refractivity contribution in [2.24, 2.45) is 5.41 Å². The smallest absolute Gasteiger partial charge is 0.256 e. The summed E-state index contributed by atoms with van der Waals surface area (Å²) in [5.74, 6) is 0.0212. The molecule has 3 aliphatic rings. The summed E-state index contributed by atoms with van der Waals surface area (Å²) in [7, 11) is 2.20. The van der Waals surface area contributed by atoms with Crippen molar-refractivity contribution in [1.29, 1.82) is 0 Å². The van der Waals surface area contributed by atoms with E-state index in [0.717, 1.165) is 103 Å². The summed E-state index contributed by atoms with van der Waals surface area (Å²) in [5.41, 5.74) is 10.8. The lowest BCUT2D eigenvalue weighted by Gasteiger charge is -2.44. The average molecular weight is 551 g/mol. The van der Waals surface area contributed by atoms with Crippen LogP contribution in [-0.4, -0.2) is 59.8 Å². The van der Waals surface area contributed by atoms with Crippen molar-refractivity contribution in [3.63, 3.8) is 0 Å². The van der Waals surface area contributed by atoms with E-state index in [2.05, 4.69) is 72.2 Å². The second-order valence-electron chi connectivity index (χ2n) is 12.5. The highest BCUT2D eigenvalue weighted by atomic mass is 16.2. The van der Waals surface area contributed by atoms with Crippen LogP contribution >= 0.6 is 0 Å². The maximum Gasteiger partial charge on any atom is 0.256 e. The molecule has 1 aromatic heterocycles. The van der Waals surface area contributed by atoms with E-state index in [4.69, 9.17) is 0 Å². The number of hydrogen-bond donors (Lipinski definition) is 2. The van der Waals surface area contributed by atoms with Crippen molar-refractivity contribution < 1.29 is 9.59 Å². The van der Waals surface area contributed by atoms with Crippen molar-refractivity contribution in [3.8, 4) is 11.1 Å². The van der Waals surface area contributed by atoms with Gasteiger partial charge >= 0.3 is 0 Å². The molecule has 0 radical (unpaired) electrons. The molecular weight excluding hydrogens is 508 g/mol. The van der Waals surface area contributed by atoms with Gasteiger partial charge in [0.25, 0.3) is 11.8 Å². The highest BCUT2D eigenvalue weighted by Crippen LogP contribution is 2.43. The monoisotopic (exact) mass is 550 g/mol. The lowest BCUT2D eigenvalue weighted by atomic mass is 9.74. The minimum atomic E-state index is -0.110. The summed E-state index contributed by atoms with van der Waals surface area (Å²) in [6, 6.07) is 12.4. The Hall–Kier alpha value is -3.64. The molecule has 4 heterocycles. The van der Waals surface area contributed by atoms with Gasteiger partial charge in [0.05, 0.1) is 11.1 Å². The summed E-state index contributed by atoms with van der Waals surface area (Å²) in [6.07, 6.45) is 7.37. The minimum Gasteiger partial charge on any atom is -0.358 e. The number of rotatable bonds is 6. The molecule has 0 spiro atoms. The molecule has 0 atom stereocenters. The number of carbonyl (C=O) groups is 2. The van der Waals surface area contributed by atoms with Gasteiger partial charge in [0.1, 0.15) is 0 Å². The van der Waals surface area contributed by atoms with E-state index < -0.39 is 0 Å². The number of likely N-dealkylation sites (tertiary alicyclic amines) is 1. The van der Waals surface area contributed by atoms with Gasteiger partial charge in [-0.05, 0) is 106 Å². The Labute approximate surface area is 243 Å². The fourth-order valence-corrected chi connectivity index (χ4v) is 7.27. The zero-order valence-corrected chi connectivity index (χ0v) is 25.1. The molecule has 6 heteroatoms. The predicted molar refractivity (Wildman–Crippen MR) is 167 cm³/mol. The van der Waals surface area contributed by atoms with Gasteiger partial charge in [-0.25, -0.2) is 0 Å². The summed E-state index contributed by atoms with van der Waals surface area (Å²) in [4.78, 5) is 35.3. The first-order chi connectivity index (χ1) is 19.7. The van der Waals surface area contributed by atoms with E-state index >= 15 is 0 Å². The molecule has 214 valence electrons. The zero-order valence-electron chi connectivity index (χ0n) is 25.1. The number of carbonyl (C=O) groups excluding carboxylic acids is 2. The number of nitrogens with zero attached hydrogens (tertiary/aromatic N) is 2. The number of nitrogens with one attached hydrogen (secondary N) is 2. The van der Waals surface area contributed by atoms with Gasteiger partial charge in [-0.1, -0.05) is 43.7 Å². The molecule has 6 nitrogen and oxygen atoms in total. The number of amides is 2. The standard InChI is InChI=1S/C35H42N4O2/c1-6-14-35(15-18-38(5)19-16-35)21-39-17-13-29-31(34(39)41)24(4)30(36-29)20-27-32-26(11-8-12-28(32)37-33(27)40)25-10-7-9-22(2)23(25)3/h7-12,20,36H,6,13-19,21H2,1-5H3,(H,37,40)/b27-20-. The van der Waals surface area contributed by atoms with Crippen molar-refractivity contribution in [3.05, 3.63) is 75.6 Å². The number of fused-ring (bicyclic) bond motifs is 2. The number of H-pyrrole nitrogens is 1. The van der Waals surface area contributed by atoms with Crippen molar-refractivity contribution >= 4 is 29.2 Å². The van der Waals surface area contributed by atoms with Crippen molar-refractivity contribution in [1.82, 2.24) is 14.8 Å².